The molecule has 0 N–H and O–H groups in total. The molecular formula is C19H14F2N4. The first-order chi connectivity index (χ1) is 12.2. The smallest absolute Gasteiger partial charge is 0.259 e. The van der Waals surface area contributed by atoms with Gasteiger partial charge >= 0.3 is 0 Å². The van der Waals surface area contributed by atoms with Gasteiger partial charge in [0, 0.05) is 23.5 Å². The van der Waals surface area contributed by atoms with Crippen LogP contribution < -0.4 is 0 Å². The molecule has 4 aromatic rings. The number of rotatable bonds is 4. The summed E-state index contributed by atoms with van der Waals surface area (Å²) in [5, 5.41) is 4.37. The molecule has 0 bridgehead atoms. The van der Waals surface area contributed by atoms with Gasteiger partial charge in [0.15, 0.2) is 0 Å². The second-order valence-electron chi connectivity index (χ2n) is 5.68. The molecular weight excluding hydrogens is 322 g/mol. The van der Waals surface area contributed by atoms with Crippen molar-refractivity contribution in [3.05, 3.63) is 78.4 Å². The van der Waals surface area contributed by atoms with Crippen molar-refractivity contribution in [3.8, 4) is 11.1 Å². The van der Waals surface area contributed by atoms with E-state index in [4.69, 9.17) is 0 Å². The number of fused-ring (bicyclic) bond motifs is 1. The minimum atomic E-state index is -2.49. The average molecular weight is 336 g/mol. The van der Waals surface area contributed by atoms with Crippen molar-refractivity contribution in [1.29, 1.82) is 0 Å². The van der Waals surface area contributed by atoms with Crippen molar-refractivity contribution in [2.75, 3.05) is 0 Å². The summed E-state index contributed by atoms with van der Waals surface area (Å²) in [6.45, 7) is 0.520. The molecule has 0 aliphatic heterocycles. The molecule has 0 spiro atoms. The van der Waals surface area contributed by atoms with Gasteiger partial charge in [-0.1, -0.05) is 24.3 Å². The van der Waals surface area contributed by atoms with E-state index in [1.807, 2.05) is 28.9 Å². The van der Waals surface area contributed by atoms with Crippen molar-refractivity contribution in [3.63, 3.8) is 0 Å². The largest absolute Gasteiger partial charge is 0.263 e. The fourth-order valence-electron chi connectivity index (χ4n) is 2.74. The predicted molar refractivity (Wildman–Crippen MR) is 91.3 cm³/mol. The van der Waals surface area contributed by atoms with Gasteiger partial charge in [0.25, 0.3) is 6.43 Å². The lowest BCUT2D eigenvalue weighted by Gasteiger charge is -2.07. The Labute approximate surface area is 142 Å². The first-order valence-electron chi connectivity index (χ1n) is 7.81. The summed E-state index contributed by atoms with van der Waals surface area (Å²) in [5.41, 5.74) is 3.96. The number of alkyl halides is 2. The lowest BCUT2D eigenvalue weighted by molar-refractivity contribution is 0.151. The van der Waals surface area contributed by atoms with Crippen LogP contribution in [0.2, 0.25) is 0 Å². The Bertz CT molecular complexity index is 1010. The molecule has 6 heteroatoms. The second-order valence-corrected chi connectivity index (χ2v) is 5.68. The summed E-state index contributed by atoms with van der Waals surface area (Å²) >= 11 is 0. The highest BCUT2D eigenvalue weighted by Gasteiger charge is 2.11. The third kappa shape index (κ3) is 3.10. The number of benzene rings is 1. The van der Waals surface area contributed by atoms with Gasteiger partial charge in [-0.25, -0.2) is 8.78 Å². The van der Waals surface area contributed by atoms with E-state index in [0.717, 1.165) is 22.3 Å². The molecule has 0 unspecified atom stereocenters. The maximum absolute atomic E-state index is 12.9. The Hall–Kier alpha value is -3.15. The van der Waals surface area contributed by atoms with Gasteiger partial charge in [-0.2, -0.15) is 5.10 Å². The SMILES string of the molecule is FC(F)c1cccc(-c2cnc3cnn(Cc4ccccn4)c3c2)c1. The summed E-state index contributed by atoms with van der Waals surface area (Å²) in [6.07, 6.45) is 2.61. The first-order valence-corrected chi connectivity index (χ1v) is 7.81. The van der Waals surface area contributed by atoms with Crippen LogP contribution in [-0.2, 0) is 6.54 Å². The predicted octanol–water partition coefficient (Wildman–Crippen LogP) is 4.48. The van der Waals surface area contributed by atoms with E-state index in [1.165, 1.54) is 12.1 Å². The topological polar surface area (TPSA) is 43.6 Å². The highest BCUT2D eigenvalue weighted by Crippen LogP contribution is 2.27. The van der Waals surface area contributed by atoms with E-state index in [1.54, 1.807) is 30.7 Å². The highest BCUT2D eigenvalue weighted by molar-refractivity contribution is 5.80. The monoisotopic (exact) mass is 336 g/mol. The van der Waals surface area contributed by atoms with Crippen LogP contribution in [-0.4, -0.2) is 19.7 Å². The van der Waals surface area contributed by atoms with E-state index in [-0.39, 0.29) is 5.56 Å². The standard InChI is InChI=1S/C19H14F2N4/c20-19(21)14-5-3-4-13(8-14)15-9-18-17(23-10-15)11-24-25(18)12-16-6-1-2-7-22-16/h1-11,19H,12H2. The molecule has 3 aromatic heterocycles. The number of nitrogens with zero attached hydrogens (tertiary/aromatic N) is 4. The third-order valence-corrected chi connectivity index (χ3v) is 4.00. The van der Waals surface area contributed by atoms with E-state index >= 15 is 0 Å². The van der Waals surface area contributed by atoms with Gasteiger partial charge in [0.05, 0.1) is 24.0 Å². The summed E-state index contributed by atoms with van der Waals surface area (Å²) < 4.78 is 27.7. The van der Waals surface area contributed by atoms with Crippen molar-refractivity contribution >= 4 is 11.0 Å². The number of hydrogen-bond donors (Lipinski definition) is 0. The fraction of sp³-hybridized carbons (Fsp3) is 0.105. The van der Waals surface area contributed by atoms with E-state index in [9.17, 15) is 8.78 Å². The van der Waals surface area contributed by atoms with Gasteiger partial charge in [0.2, 0.25) is 0 Å². The molecule has 0 atom stereocenters. The molecule has 3 heterocycles. The molecule has 0 amide bonds. The van der Waals surface area contributed by atoms with Gasteiger partial charge < -0.3 is 0 Å². The van der Waals surface area contributed by atoms with Crippen molar-refractivity contribution in [1.82, 2.24) is 19.7 Å². The quantitative estimate of drug-likeness (QED) is 0.552. The number of pyridine rings is 2. The van der Waals surface area contributed by atoms with E-state index in [0.29, 0.717) is 12.1 Å². The van der Waals surface area contributed by atoms with Crippen LogP contribution >= 0.6 is 0 Å². The van der Waals surface area contributed by atoms with Crippen LogP contribution in [0.4, 0.5) is 8.78 Å². The average Bonchev–Trinajstić information content (AvgIpc) is 3.05. The minimum Gasteiger partial charge on any atom is -0.259 e. The second kappa shape index (κ2) is 6.39. The maximum atomic E-state index is 12.9. The Morgan fingerprint density at radius 1 is 0.920 bits per heavy atom. The molecule has 0 saturated carbocycles. The van der Waals surface area contributed by atoms with Crippen LogP contribution in [0.25, 0.3) is 22.2 Å². The molecule has 0 aliphatic carbocycles. The molecule has 1 aromatic carbocycles. The summed E-state index contributed by atoms with van der Waals surface area (Å²) in [7, 11) is 0. The zero-order chi connectivity index (χ0) is 17.2. The first kappa shape index (κ1) is 15.4. The van der Waals surface area contributed by atoms with Crippen LogP contribution in [0.5, 0.6) is 0 Å². The fourth-order valence-corrected chi connectivity index (χ4v) is 2.74. The van der Waals surface area contributed by atoms with Crippen LogP contribution in [0.3, 0.4) is 0 Å². The molecule has 0 saturated heterocycles. The van der Waals surface area contributed by atoms with Gasteiger partial charge in [-0.05, 0) is 29.8 Å². The van der Waals surface area contributed by atoms with E-state index in [2.05, 4.69) is 15.1 Å². The lowest BCUT2D eigenvalue weighted by Crippen LogP contribution is -2.03. The summed E-state index contributed by atoms with van der Waals surface area (Å²) in [4.78, 5) is 8.71. The molecule has 25 heavy (non-hydrogen) atoms. The number of halogens is 2. The Morgan fingerprint density at radius 3 is 2.64 bits per heavy atom. The molecule has 0 aliphatic rings. The molecule has 4 nitrogen and oxygen atoms in total. The number of aromatic nitrogens is 4. The third-order valence-electron chi connectivity index (χ3n) is 4.00. The van der Waals surface area contributed by atoms with Gasteiger partial charge in [-0.15, -0.1) is 0 Å². The minimum absolute atomic E-state index is 0.000379. The Balaban J connectivity index is 1.74. The number of hydrogen-bond acceptors (Lipinski definition) is 3. The normalized spacial score (nSPS) is 11.3. The Morgan fingerprint density at radius 2 is 1.84 bits per heavy atom. The molecule has 0 radical (unpaired) electrons. The van der Waals surface area contributed by atoms with Crippen molar-refractivity contribution in [2.45, 2.75) is 13.0 Å². The Kier molecular flexibility index (Phi) is 3.93. The lowest BCUT2D eigenvalue weighted by atomic mass is 10.0. The van der Waals surface area contributed by atoms with Crippen molar-refractivity contribution in [2.24, 2.45) is 0 Å². The maximum Gasteiger partial charge on any atom is 0.263 e. The zero-order valence-corrected chi connectivity index (χ0v) is 13.2. The van der Waals surface area contributed by atoms with Crippen LogP contribution in [0.15, 0.2) is 67.1 Å². The molecule has 124 valence electrons. The van der Waals surface area contributed by atoms with Crippen molar-refractivity contribution < 1.29 is 8.78 Å². The molecule has 0 fully saturated rings. The highest BCUT2D eigenvalue weighted by atomic mass is 19.3. The van der Waals surface area contributed by atoms with Gasteiger partial charge in [0.1, 0.15) is 5.52 Å². The van der Waals surface area contributed by atoms with Crippen LogP contribution in [0.1, 0.15) is 17.7 Å². The van der Waals surface area contributed by atoms with E-state index < -0.39 is 6.43 Å². The van der Waals surface area contributed by atoms with Gasteiger partial charge in [-0.3, -0.25) is 14.6 Å². The zero-order valence-electron chi connectivity index (χ0n) is 13.2. The van der Waals surface area contributed by atoms with Crippen LogP contribution in [0, 0.1) is 0 Å². The molecule has 4 rings (SSSR count). The summed E-state index contributed by atoms with van der Waals surface area (Å²) in [6, 6.07) is 14.0. The summed E-state index contributed by atoms with van der Waals surface area (Å²) in [5.74, 6) is 0.